The van der Waals surface area contributed by atoms with Gasteiger partial charge in [-0.05, 0) is 68.3 Å². The van der Waals surface area contributed by atoms with E-state index in [4.69, 9.17) is 32.4 Å². The fraction of sp³-hybridized carbons (Fsp3) is 0.200. The molecule has 2 aromatic carbocycles. The molecule has 4 rings (SSSR count). The largest absolute Gasteiger partial charge is 0.507 e. The number of aliphatic hydroxyl groups excluding tert-OH is 1. The number of hydrogen-bond acceptors (Lipinski definition) is 5. The average Bonchev–Trinajstić information content (AvgIpc) is 3.27. The second kappa shape index (κ2) is 8.61. The van der Waals surface area contributed by atoms with Gasteiger partial charge < -0.3 is 14.3 Å². The van der Waals surface area contributed by atoms with E-state index in [1.54, 1.807) is 19.1 Å². The molecule has 6 nitrogen and oxygen atoms in total. The third-order valence-electron chi connectivity index (χ3n) is 5.44. The number of furan rings is 1. The van der Waals surface area contributed by atoms with Gasteiger partial charge in [-0.2, -0.15) is 0 Å². The van der Waals surface area contributed by atoms with Crippen molar-refractivity contribution in [2.24, 2.45) is 0 Å². The predicted molar refractivity (Wildman–Crippen MR) is 127 cm³/mol. The van der Waals surface area contributed by atoms with E-state index in [0.29, 0.717) is 17.2 Å². The van der Waals surface area contributed by atoms with Gasteiger partial charge in [0.15, 0.2) is 5.75 Å². The van der Waals surface area contributed by atoms with Crippen molar-refractivity contribution in [1.82, 2.24) is 0 Å². The smallest absolute Gasteiger partial charge is 0.300 e. The summed E-state index contributed by atoms with van der Waals surface area (Å²) < 4.78 is 11.0. The topological polar surface area (TPSA) is 80.0 Å². The van der Waals surface area contributed by atoms with Gasteiger partial charge in [0.2, 0.25) is 0 Å². The Morgan fingerprint density at radius 3 is 2.12 bits per heavy atom. The fourth-order valence-corrected chi connectivity index (χ4v) is 4.75. The van der Waals surface area contributed by atoms with Gasteiger partial charge in [0.05, 0.1) is 22.7 Å². The quantitative estimate of drug-likeness (QED) is 0.272. The minimum absolute atomic E-state index is 0.120. The lowest BCUT2D eigenvalue weighted by atomic mass is 9.99. The van der Waals surface area contributed by atoms with Crippen LogP contribution in [0.5, 0.6) is 5.75 Å². The lowest BCUT2D eigenvalue weighted by molar-refractivity contribution is -0.132. The maximum Gasteiger partial charge on any atom is 0.300 e. The highest BCUT2D eigenvalue weighted by Gasteiger charge is 2.48. The molecule has 0 bridgehead atoms. The highest BCUT2D eigenvalue weighted by atomic mass is 35.5. The number of methoxy groups -OCH3 is 1. The summed E-state index contributed by atoms with van der Waals surface area (Å²) in [6.07, 6.45) is 0. The lowest BCUT2D eigenvalue weighted by Gasteiger charge is -2.24. The standard InChI is InChI=1S/C25H21Cl2NO5/c1-12-7-13(2)9-16(8-12)28-21(19-6-5-14(3)33-19)20(23(30)25(28)31)22(29)15-10-17(26)24(32-4)18(27)11-15/h5-11,21,29H,1-4H3/b22-20-. The number of halogens is 2. The van der Waals surface area contributed by atoms with Crippen LogP contribution in [0.1, 0.15) is 34.3 Å². The van der Waals surface area contributed by atoms with Crippen LogP contribution in [0, 0.1) is 20.8 Å². The third kappa shape index (κ3) is 4.01. The van der Waals surface area contributed by atoms with Crippen molar-refractivity contribution in [2.75, 3.05) is 12.0 Å². The normalized spacial score (nSPS) is 17.6. The maximum absolute atomic E-state index is 13.2. The number of rotatable bonds is 4. The van der Waals surface area contributed by atoms with E-state index in [1.165, 1.54) is 24.1 Å². The second-order valence-electron chi connectivity index (χ2n) is 7.94. The summed E-state index contributed by atoms with van der Waals surface area (Å²) >= 11 is 12.5. The van der Waals surface area contributed by atoms with E-state index in [9.17, 15) is 14.7 Å². The number of aliphatic hydroxyl groups is 1. The van der Waals surface area contributed by atoms with Crippen LogP contribution in [-0.2, 0) is 9.59 Å². The zero-order valence-corrected chi connectivity index (χ0v) is 19.9. The fourth-order valence-electron chi connectivity index (χ4n) is 4.11. The van der Waals surface area contributed by atoms with E-state index in [1.807, 2.05) is 32.0 Å². The molecular weight excluding hydrogens is 465 g/mol. The van der Waals surface area contributed by atoms with Gasteiger partial charge in [0.25, 0.3) is 11.7 Å². The molecule has 1 atom stereocenters. The number of anilines is 1. The van der Waals surface area contributed by atoms with E-state index in [2.05, 4.69) is 0 Å². The molecule has 1 saturated heterocycles. The predicted octanol–water partition coefficient (Wildman–Crippen LogP) is 6.15. The number of ether oxygens (including phenoxy) is 1. The number of ketones is 1. The minimum Gasteiger partial charge on any atom is -0.507 e. The summed E-state index contributed by atoms with van der Waals surface area (Å²) in [5, 5.41) is 11.5. The van der Waals surface area contributed by atoms with Crippen molar-refractivity contribution in [3.63, 3.8) is 0 Å². The van der Waals surface area contributed by atoms with Crippen molar-refractivity contribution < 1.29 is 23.8 Å². The number of carbonyl (C=O) groups is 2. The molecule has 1 N–H and O–H groups in total. The number of hydrogen-bond donors (Lipinski definition) is 1. The summed E-state index contributed by atoms with van der Waals surface area (Å²) in [7, 11) is 1.42. The number of amides is 1. The van der Waals surface area contributed by atoms with Crippen LogP contribution in [-0.4, -0.2) is 23.9 Å². The molecule has 170 valence electrons. The van der Waals surface area contributed by atoms with Gasteiger partial charge in [-0.15, -0.1) is 0 Å². The molecule has 0 spiro atoms. The van der Waals surface area contributed by atoms with Crippen molar-refractivity contribution in [3.05, 3.63) is 86.3 Å². The van der Waals surface area contributed by atoms with Gasteiger partial charge >= 0.3 is 0 Å². The van der Waals surface area contributed by atoms with Crippen LogP contribution < -0.4 is 9.64 Å². The Kier molecular flexibility index (Phi) is 5.99. The summed E-state index contributed by atoms with van der Waals surface area (Å²) in [6.45, 7) is 5.57. The molecule has 3 aromatic rings. The first-order valence-electron chi connectivity index (χ1n) is 10.1. The van der Waals surface area contributed by atoms with Crippen LogP contribution in [0.3, 0.4) is 0 Å². The first-order chi connectivity index (χ1) is 15.6. The summed E-state index contributed by atoms with van der Waals surface area (Å²) in [6, 6.07) is 10.9. The summed E-state index contributed by atoms with van der Waals surface area (Å²) in [4.78, 5) is 27.8. The molecule has 1 aliphatic rings. The molecule has 0 saturated carbocycles. The van der Waals surface area contributed by atoms with E-state index >= 15 is 0 Å². The third-order valence-corrected chi connectivity index (χ3v) is 6.00. The first-order valence-corrected chi connectivity index (χ1v) is 10.9. The maximum atomic E-state index is 13.2. The number of Topliss-reactive ketones (excluding diaryl/α,β-unsaturated/α-hetero) is 1. The summed E-state index contributed by atoms with van der Waals surface area (Å²) in [5.74, 6) is -0.834. The Bertz CT molecular complexity index is 1280. The molecule has 1 fully saturated rings. The Hall–Kier alpha value is -3.22. The van der Waals surface area contributed by atoms with E-state index in [0.717, 1.165) is 11.1 Å². The molecule has 0 aliphatic carbocycles. The molecule has 33 heavy (non-hydrogen) atoms. The van der Waals surface area contributed by atoms with Gasteiger partial charge in [0, 0.05) is 11.3 Å². The Morgan fingerprint density at radius 2 is 1.61 bits per heavy atom. The van der Waals surface area contributed by atoms with E-state index < -0.39 is 23.5 Å². The second-order valence-corrected chi connectivity index (χ2v) is 8.75. The van der Waals surface area contributed by atoms with Crippen molar-refractivity contribution in [2.45, 2.75) is 26.8 Å². The molecule has 1 aliphatic heterocycles. The van der Waals surface area contributed by atoms with Crippen LogP contribution in [0.2, 0.25) is 10.0 Å². The number of aryl methyl sites for hydroxylation is 3. The summed E-state index contributed by atoms with van der Waals surface area (Å²) in [5.41, 5.74) is 2.44. The zero-order valence-electron chi connectivity index (χ0n) is 18.4. The van der Waals surface area contributed by atoms with Gasteiger partial charge in [-0.3, -0.25) is 14.5 Å². The Balaban J connectivity index is 1.97. The molecule has 1 amide bonds. The molecule has 2 heterocycles. The molecule has 0 radical (unpaired) electrons. The SMILES string of the molecule is COc1c(Cl)cc(/C(O)=C2/C(=O)C(=O)N(c3cc(C)cc(C)c3)C2c2ccc(C)o2)cc1Cl. The number of nitrogens with zero attached hydrogens (tertiary/aromatic N) is 1. The van der Waals surface area contributed by atoms with Gasteiger partial charge in [-0.25, -0.2) is 0 Å². The molecule has 8 heteroatoms. The van der Waals surface area contributed by atoms with E-state index in [-0.39, 0.29) is 26.9 Å². The molecule has 1 aromatic heterocycles. The Morgan fingerprint density at radius 1 is 1.00 bits per heavy atom. The zero-order chi connectivity index (χ0) is 24.0. The van der Waals surface area contributed by atoms with Crippen molar-refractivity contribution >= 4 is 46.3 Å². The lowest BCUT2D eigenvalue weighted by Crippen LogP contribution is -2.29. The monoisotopic (exact) mass is 485 g/mol. The molecule has 1 unspecified atom stereocenters. The van der Waals surface area contributed by atoms with Gasteiger partial charge in [-0.1, -0.05) is 29.3 Å². The van der Waals surface area contributed by atoms with Gasteiger partial charge in [0.1, 0.15) is 23.3 Å². The average molecular weight is 486 g/mol. The Labute approximate surface area is 201 Å². The highest BCUT2D eigenvalue weighted by Crippen LogP contribution is 2.44. The van der Waals surface area contributed by atoms with Crippen LogP contribution in [0.25, 0.3) is 5.76 Å². The van der Waals surface area contributed by atoms with Crippen LogP contribution >= 0.6 is 23.2 Å². The van der Waals surface area contributed by atoms with Crippen LogP contribution in [0.15, 0.2) is 52.5 Å². The van der Waals surface area contributed by atoms with Crippen molar-refractivity contribution in [3.8, 4) is 5.75 Å². The minimum atomic E-state index is -0.973. The first kappa shape index (κ1) is 23.0. The molecular formula is C25H21Cl2NO5. The number of carbonyl (C=O) groups excluding carboxylic acids is 2. The van der Waals surface area contributed by atoms with Crippen molar-refractivity contribution in [1.29, 1.82) is 0 Å². The number of benzene rings is 2. The van der Waals surface area contributed by atoms with Crippen LogP contribution in [0.4, 0.5) is 5.69 Å². The highest BCUT2D eigenvalue weighted by molar-refractivity contribution is 6.51.